The molecule has 1 aromatic carbocycles. The number of benzene rings is 1. The molecule has 0 amide bonds. The molecule has 0 saturated heterocycles. The minimum absolute atomic E-state index is 0.312. The number of ether oxygens (including phenoxy) is 2. The first-order chi connectivity index (χ1) is 10.0. The minimum Gasteiger partial charge on any atom is -0.490 e. The van der Waals surface area contributed by atoms with Crippen molar-refractivity contribution in [2.75, 3.05) is 26.9 Å². The van der Waals surface area contributed by atoms with E-state index in [1.54, 1.807) is 7.11 Å². The quantitative estimate of drug-likeness (QED) is 0.630. The van der Waals surface area contributed by atoms with Gasteiger partial charge in [0.2, 0.25) is 0 Å². The Labute approximate surface area is 136 Å². The lowest BCUT2D eigenvalue weighted by Crippen LogP contribution is -2.34. The fourth-order valence-corrected chi connectivity index (χ4v) is 2.30. The average Bonchev–Trinajstić information content (AvgIpc) is 2.50. The highest BCUT2D eigenvalue weighted by Gasteiger charge is 2.23. The molecule has 0 fully saturated rings. The molecule has 1 rings (SSSR count). The monoisotopic (exact) mass is 359 g/mol. The van der Waals surface area contributed by atoms with Gasteiger partial charge in [-0.2, -0.15) is 0 Å². The van der Waals surface area contributed by atoms with E-state index in [1.807, 2.05) is 32.0 Å². The van der Waals surface area contributed by atoms with Gasteiger partial charge in [0.15, 0.2) is 0 Å². The molecule has 0 atom stereocenters. The van der Waals surface area contributed by atoms with Crippen molar-refractivity contribution in [3.05, 3.63) is 28.2 Å². The van der Waals surface area contributed by atoms with Crippen LogP contribution in [0.1, 0.15) is 32.3 Å². The fourth-order valence-electron chi connectivity index (χ4n) is 1.89. The predicted octanol–water partition coefficient (Wildman–Crippen LogP) is 3.12. The van der Waals surface area contributed by atoms with Crippen molar-refractivity contribution in [1.82, 2.24) is 5.32 Å². The van der Waals surface area contributed by atoms with Crippen LogP contribution < -0.4 is 10.1 Å². The van der Waals surface area contributed by atoms with Gasteiger partial charge < -0.3 is 19.9 Å². The number of hydrogen-bond donors (Lipinski definition) is 2. The molecule has 0 unspecified atom stereocenters. The van der Waals surface area contributed by atoms with E-state index in [2.05, 4.69) is 21.2 Å². The molecule has 1 aromatic rings. The Hall–Kier alpha value is -0.620. The first-order valence-electron chi connectivity index (χ1n) is 7.38. The number of halogens is 1. The molecule has 0 bridgehead atoms. The van der Waals surface area contributed by atoms with Crippen molar-refractivity contribution < 1.29 is 14.6 Å². The molecule has 21 heavy (non-hydrogen) atoms. The number of hydrogen-bond acceptors (Lipinski definition) is 4. The maximum absolute atomic E-state index is 10.3. The second kappa shape index (κ2) is 9.41. The molecule has 120 valence electrons. The molecule has 0 aliphatic rings. The first kappa shape index (κ1) is 18.4. The lowest BCUT2D eigenvalue weighted by molar-refractivity contribution is -0.0116. The van der Waals surface area contributed by atoms with Crippen LogP contribution in [0.3, 0.4) is 0 Å². The van der Waals surface area contributed by atoms with E-state index in [9.17, 15) is 5.11 Å². The molecule has 4 nitrogen and oxygen atoms in total. The summed E-state index contributed by atoms with van der Waals surface area (Å²) in [7, 11) is 1.69. The molecule has 0 aromatic heterocycles. The Morgan fingerprint density at radius 1 is 1.29 bits per heavy atom. The summed E-state index contributed by atoms with van der Waals surface area (Å²) in [6, 6.07) is 5.92. The van der Waals surface area contributed by atoms with Crippen molar-refractivity contribution in [2.45, 2.75) is 38.8 Å². The largest absolute Gasteiger partial charge is 0.490 e. The third-order valence-electron chi connectivity index (χ3n) is 3.63. The molecule has 2 N–H and O–H groups in total. The van der Waals surface area contributed by atoms with Crippen LogP contribution >= 0.6 is 15.9 Å². The molecule has 0 spiro atoms. The van der Waals surface area contributed by atoms with Crippen LogP contribution in [0.4, 0.5) is 0 Å². The standard InChI is InChI=1S/C16H26BrNO3/c1-4-16(19,5-2)12-21-15-7-6-14(17)10-13(15)11-18-8-9-20-3/h6-7,10,18-19H,4-5,8-9,11-12H2,1-3H3. The molecule has 0 aliphatic heterocycles. The van der Waals surface area contributed by atoms with Crippen molar-refractivity contribution in [2.24, 2.45) is 0 Å². The molecular formula is C16H26BrNO3. The van der Waals surface area contributed by atoms with Gasteiger partial charge in [-0.25, -0.2) is 0 Å². The predicted molar refractivity (Wildman–Crippen MR) is 88.8 cm³/mol. The van der Waals surface area contributed by atoms with E-state index in [4.69, 9.17) is 9.47 Å². The van der Waals surface area contributed by atoms with Crippen LogP contribution in [0.25, 0.3) is 0 Å². The van der Waals surface area contributed by atoms with E-state index in [1.165, 1.54) is 0 Å². The van der Waals surface area contributed by atoms with Crippen LogP contribution in [-0.2, 0) is 11.3 Å². The molecular weight excluding hydrogens is 334 g/mol. The number of methoxy groups -OCH3 is 1. The zero-order chi connectivity index (χ0) is 15.7. The lowest BCUT2D eigenvalue weighted by atomic mass is 9.99. The second-order valence-corrected chi connectivity index (χ2v) is 6.06. The van der Waals surface area contributed by atoms with Gasteiger partial charge in [-0.15, -0.1) is 0 Å². The summed E-state index contributed by atoms with van der Waals surface area (Å²) in [5, 5.41) is 13.6. The van der Waals surface area contributed by atoms with E-state index >= 15 is 0 Å². The fraction of sp³-hybridized carbons (Fsp3) is 0.625. The topological polar surface area (TPSA) is 50.7 Å². The highest BCUT2D eigenvalue weighted by atomic mass is 79.9. The summed E-state index contributed by atoms with van der Waals surface area (Å²) >= 11 is 3.48. The summed E-state index contributed by atoms with van der Waals surface area (Å²) in [5.41, 5.74) is 0.309. The Morgan fingerprint density at radius 2 is 2.00 bits per heavy atom. The van der Waals surface area contributed by atoms with Crippen LogP contribution in [0, 0.1) is 0 Å². The van der Waals surface area contributed by atoms with Gasteiger partial charge in [0.25, 0.3) is 0 Å². The Morgan fingerprint density at radius 3 is 2.62 bits per heavy atom. The number of rotatable bonds is 10. The molecule has 0 aliphatic carbocycles. The molecule has 0 heterocycles. The lowest BCUT2D eigenvalue weighted by Gasteiger charge is -2.26. The van der Waals surface area contributed by atoms with Crippen LogP contribution in [-0.4, -0.2) is 37.6 Å². The summed E-state index contributed by atoms with van der Waals surface area (Å²) < 4.78 is 11.9. The van der Waals surface area contributed by atoms with Crippen molar-refractivity contribution in [1.29, 1.82) is 0 Å². The zero-order valence-electron chi connectivity index (χ0n) is 13.1. The van der Waals surface area contributed by atoms with Gasteiger partial charge in [0.1, 0.15) is 12.4 Å². The highest BCUT2D eigenvalue weighted by Crippen LogP contribution is 2.25. The Balaban J connectivity index is 2.67. The number of aliphatic hydroxyl groups is 1. The van der Waals surface area contributed by atoms with E-state index in [0.29, 0.717) is 32.6 Å². The summed E-state index contributed by atoms with van der Waals surface area (Å²) in [6.45, 7) is 6.43. The number of nitrogens with one attached hydrogen (secondary N) is 1. The summed E-state index contributed by atoms with van der Waals surface area (Å²) in [6.07, 6.45) is 1.36. The molecule has 0 saturated carbocycles. The highest BCUT2D eigenvalue weighted by molar-refractivity contribution is 9.10. The van der Waals surface area contributed by atoms with Crippen molar-refractivity contribution in [3.8, 4) is 5.75 Å². The van der Waals surface area contributed by atoms with E-state index in [-0.39, 0.29) is 0 Å². The third kappa shape index (κ3) is 6.34. The first-order valence-corrected chi connectivity index (χ1v) is 8.17. The average molecular weight is 360 g/mol. The van der Waals surface area contributed by atoms with Gasteiger partial charge >= 0.3 is 0 Å². The van der Waals surface area contributed by atoms with Crippen molar-refractivity contribution >= 4 is 15.9 Å². The van der Waals surface area contributed by atoms with E-state index in [0.717, 1.165) is 22.3 Å². The summed E-state index contributed by atoms with van der Waals surface area (Å²) in [4.78, 5) is 0. The van der Waals surface area contributed by atoms with Crippen LogP contribution in [0.2, 0.25) is 0 Å². The summed E-state index contributed by atoms with van der Waals surface area (Å²) in [5.74, 6) is 0.809. The molecule has 5 heteroatoms. The SMILES string of the molecule is CCC(O)(CC)COc1ccc(Br)cc1CNCCOC. The zero-order valence-corrected chi connectivity index (χ0v) is 14.7. The smallest absolute Gasteiger partial charge is 0.124 e. The molecule has 0 radical (unpaired) electrons. The second-order valence-electron chi connectivity index (χ2n) is 5.14. The minimum atomic E-state index is -0.756. The van der Waals surface area contributed by atoms with E-state index < -0.39 is 5.60 Å². The maximum Gasteiger partial charge on any atom is 0.124 e. The van der Waals surface area contributed by atoms with Crippen LogP contribution in [0.15, 0.2) is 22.7 Å². The van der Waals surface area contributed by atoms with Crippen LogP contribution in [0.5, 0.6) is 5.75 Å². The third-order valence-corrected chi connectivity index (χ3v) is 4.13. The van der Waals surface area contributed by atoms with Gasteiger partial charge in [-0.05, 0) is 31.0 Å². The van der Waals surface area contributed by atoms with Gasteiger partial charge in [-0.1, -0.05) is 29.8 Å². The van der Waals surface area contributed by atoms with Gasteiger partial charge in [-0.3, -0.25) is 0 Å². The Bertz CT molecular complexity index is 422. The normalized spacial score (nSPS) is 11.7. The van der Waals surface area contributed by atoms with Gasteiger partial charge in [0.05, 0.1) is 12.2 Å². The Kier molecular flexibility index (Phi) is 8.26. The van der Waals surface area contributed by atoms with Crippen molar-refractivity contribution in [3.63, 3.8) is 0 Å². The maximum atomic E-state index is 10.3. The van der Waals surface area contributed by atoms with Gasteiger partial charge in [0, 0.05) is 30.2 Å².